The topological polar surface area (TPSA) is 90.3 Å². The van der Waals surface area contributed by atoms with Crippen LogP contribution in [0.4, 0.5) is 0 Å². The second kappa shape index (κ2) is 6.75. The van der Waals surface area contributed by atoms with Crippen LogP contribution in [-0.4, -0.2) is 31.8 Å². The van der Waals surface area contributed by atoms with Gasteiger partial charge in [0.15, 0.2) is 5.25 Å². The first-order valence-electron chi connectivity index (χ1n) is 5.11. The van der Waals surface area contributed by atoms with Gasteiger partial charge < -0.3 is 14.7 Å². The highest BCUT2D eigenvalue weighted by Gasteiger charge is 2.27. The second-order valence-electron chi connectivity index (χ2n) is 4.25. The number of nitrogens with one attached hydrogen (secondary N) is 1. The highest BCUT2D eigenvalue weighted by molar-refractivity contribution is 7.81. The number of esters is 1. The largest absolute Gasteiger partial charge is 0.771 e. The molecular formula is C10H18NO4S-. The summed E-state index contributed by atoms with van der Waals surface area (Å²) in [5, 5.41) is 6.12. The number of ether oxygens (including phenoxy) is 1. The SMILES string of the molecule is CC(C)CC(=N)C(C(=O)OC(C)C)S(=O)[O-]. The monoisotopic (exact) mass is 248 g/mol. The van der Waals surface area contributed by atoms with E-state index in [1.165, 1.54) is 0 Å². The van der Waals surface area contributed by atoms with Crippen LogP contribution in [0.15, 0.2) is 0 Å². The molecule has 2 unspecified atom stereocenters. The third-order valence-electron chi connectivity index (χ3n) is 1.70. The molecule has 0 aliphatic carbocycles. The first-order valence-corrected chi connectivity index (χ1v) is 6.25. The minimum absolute atomic E-state index is 0.117. The summed E-state index contributed by atoms with van der Waals surface area (Å²) in [5.74, 6) is -0.737. The molecule has 16 heavy (non-hydrogen) atoms. The highest BCUT2D eigenvalue weighted by Crippen LogP contribution is 2.10. The summed E-state index contributed by atoms with van der Waals surface area (Å²) in [4.78, 5) is 11.5. The molecule has 0 aliphatic rings. The molecule has 0 aliphatic heterocycles. The summed E-state index contributed by atoms with van der Waals surface area (Å²) < 4.78 is 26.6. The van der Waals surface area contributed by atoms with Crippen molar-refractivity contribution in [2.75, 3.05) is 0 Å². The lowest BCUT2D eigenvalue weighted by molar-refractivity contribution is -0.145. The lowest BCUT2D eigenvalue weighted by Crippen LogP contribution is -2.37. The first kappa shape index (κ1) is 15.2. The Balaban J connectivity index is 4.67. The van der Waals surface area contributed by atoms with Gasteiger partial charge in [0.05, 0.1) is 6.10 Å². The Hall–Kier alpha value is -0.750. The molecule has 0 radical (unpaired) electrons. The summed E-state index contributed by atoms with van der Waals surface area (Å²) in [5.41, 5.74) is -0.117. The molecule has 0 aromatic carbocycles. The fraction of sp³-hybridized carbons (Fsp3) is 0.800. The molecule has 0 amide bonds. The maximum Gasteiger partial charge on any atom is 0.326 e. The van der Waals surface area contributed by atoms with Gasteiger partial charge >= 0.3 is 5.97 Å². The van der Waals surface area contributed by atoms with E-state index in [1.54, 1.807) is 13.8 Å². The van der Waals surface area contributed by atoms with E-state index in [-0.39, 0.29) is 24.2 Å². The molecule has 0 bridgehead atoms. The second-order valence-corrected chi connectivity index (χ2v) is 5.24. The number of rotatable bonds is 6. The molecule has 6 heteroatoms. The maximum atomic E-state index is 11.5. The van der Waals surface area contributed by atoms with E-state index in [9.17, 15) is 13.6 Å². The number of carbonyl (C=O) groups excluding carboxylic acids is 1. The zero-order chi connectivity index (χ0) is 12.9. The average Bonchev–Trinajstić information content (AvgIpc) is 1.98. The zero-order valence-electron chi connectivity index (χ0n) is 9.98. The lowest BCUT2D eigenvalue weighted by atomic mass is 10.0. The fourth-order valence-corrected chi connectivity index (χ4v) is 1.72. The van der Waals surface area contributed by atoms with Crippen LogP contribution in [0.5, 0.6) is 0 Å². The van der Waals surface area contributed by atoms with Gasteiger partial charge in [0.25, 0.3) is 0 Å². The molecule has 94 valence electrons. The van der Waals surface area contributed by atoms with Crippen molar-refractivity contribution in [2.24, 2.45) is 5.92 Å². The van der Waals surface area contributed by atoms with E-state index in [4.69, 9.17) is 10.1 Å². The summed E-state index contributed by atoms with van der Waals surface area (Å²) in [6.45, 7) is 6.98. The lowest BCUT2D eigenvalue weighted by Gasteiger charge is -2.21. The molecule has 2 atom stereocenters. The van der Waals surface area contributed by atoms with Gasteiger partial charge in [-0.1, -0.05) is 13.8 Å². The normalized spacial score (nSPS) is 14.9. The molecule has 0 aromatic heterocycles. The van der Waals surface area contributed by atoms with Gasteiger partial charge in [-0.05, 0) is 37.3 Å². The van der Waals surface area contributed by atoms with E-state index in [0.717, 1.165) is 0 Å². The Morgan fingerprint density at radius 1 is 1.38 bits per heavy atom. The van der Waals surface area contributed by atoms with Crippen molar-refractivity contribution in [1.82, 2.24) is 0 Å². The van der Waals surface area contributed by atoms with Crippen molar-refractivity contribution >= 4 is 22.8 Å². The Bertz CT molecular complexity index is 267. The Labute approximate surface area is 98.4 Å². The van der Waals surface area contributed by atoms with Crippen molar-refractivity contribution in [2.45, 2.75) is 45.5 Å². The number of hydrogen-bond acceptors (Lipinski definition) is 5. The Morgan fingerprint density at radius 3 is 2.19 bits per heavy atom. The van der Waals surface area contributed by atoms with Crippen molar-refractivity contribution < 1.29 is 18.3 Å². The molecule has 0 rings (SSSR count). The van der Waals surface area contributed by atoms with Gasteiger partial charge in [0, 0.05) is 5.71 Å². The van der Waals surface area contributed by atoms with Crippen LogP contribution in [0, 0.1) is 11.3 Å². The maximum absolute atomic E-state index is 11.5. The van der Waals surface area contributed by atoms with Gasteiger partial charge in [0.1, 0.15) is 0 Å². The quantitative estimate of drug-likeness (QED) is 0.435. The van der Waals surface area contributed by atoms with Crippen molar-refractivity contribution in [3.8, 4) is 0 Å². The zero-order valence-corrected chi connectivity index (χ0v) is 10.8. The standard InChI is InChI=1S/C10H19NO4S/c1-6(2)5-8(11)9(16(13)14)10(12)15-7(3)4/h6-7,9,11H,5H2,1-4H3,(H,13,14)/p-1. The molecule has 0 fully saturated rings. The molecule has 5 nitrogen and oxygen atoms in total. The van der Waals surface area contributed by atoms with Gasteiger partial charge in [-0.25, -0.2) is 0 Å². The highest BCUT2D eigenvalue weighted by atomic mass is 32.2. The molecule has 0 saturated carbocycles. The van der Waals surface area contributed by atoms with E-state index in [2.05, 4.69) is 0 Å². The first-order chi connectivity index (χ1) is 7.25. The van der Waals surface area contributed by atoms with Gasteiger partial charge in [-0.3, -0.25) is 9.00 Å². The summed E-state index contributed by atoms with van der Waals surface area (Å²) in [6.07, 6.45) is -0.114. The number of carbonyl (C=O) groups is 1. The Morgan fingerprint density at radius 2 is 1.88 bits per heavy atom. The van der Waals surface area contributed by atoms with E-state index in [1.807, 2.05) is 13.8 Å². The van der Waals surface area contributed by atoms with E-state index >= 15 is 0 Å². The number of hydrogen-bond donors (Lipinski definition) is 1. The fourth-order valence-electron chi connectivity index (χ4n) is 1.18. The van der Waals surface area contributed by atoms with Gasteiger partial charge in [-0.15, -0.1) is 0 Å². The van der Waals surface area contributed by atoms with Crippen molar-refractivity contribution in [3.63, 3.8) is 0 Å². The van der Waals surface area contributed by atoms with Gasteiger partial charge in [0.2, 0.25) is 0 Å². The summed E-state index contributed by atoms with van der Waals surface area (Å²) in [7, 11) is 0. The van der Waals surface area contributed by atoms with Crippen LogP contribution in [0.2, 0.25) is 0 Å². The molecule has 1 N–H and O–H groups in total. The minimum Gasteiger partial charge on any atom is -0.771 e. The molecule has 0 heterocycles. The van der Waals surface area contributed by atoms with E-state index < -0.39 is 22.3 Å². The van der Waals surface area contributed by atoms with Gasteiger partial charge in [-0.2, -0.15) is 0 Å². The Kier molecular flexibility index (Phi) is 6.43. The van der Waals surface area contributed by atoms with Crippen LogP contribution in [0.3, 0.4) is 0 Å². The molecule has 0 saturated heterocycles. The molecule has 0 spiro atoms. The predicted octanol–water partition coefficient (Wildman–Crippen LogP) is 1.25. The minimum atomic E-state index is -2.65. The van der Waals surface area contributed by atoms with Crippen molar-refractivity contribution in [1.29, 1.82) is 5.41 Å². The van der Waals surface area contributed by atoms with Crippen LogP contribution < -0.4 is 0 Å². The molecule has 0 aromatic rings. The van der Waals surface area contributed by atoms with Crippen LogP contribution in [-0.2, 0) is 20.6 Å². The van der Waals surface area contributed by atoms with Crippen LogP contribution in [0.1, 0.15) is 34.1 Å². The van der Waals surface area contributed by atoms with Crippen LogP contribution in [0.25, 0.3) is 0 Å². The average molecular weight is 248 g/mol. The van der Waals surface area contributed by atoms with Crippen molar-refractivity contribution in [3.05, 3.63) is 0 Å². The predicted molar refractivity (Wildman–Crippen MR) is 61.1 cm³/mol. The smallest absolute Gasteiger partial charge is 0.326 e. The third kappa shape index (κ3) is 5.37. The van der Waals surface area contributed by atoms with Crippen LogP contribution >= 0.6 is 0 Å². The third-order valence-corrected chi connectivity index (χ3v) is 2.56. The summed E-state index contributed by atoms with van der Waals surface area (Å²) in [6, 6.07) is 0. The molecular weight excluding hydrogens is 230 g/mol. The van der Waals surface area contributed by atoms with E-state index in [0.29, 0.717) is 0 Å². The summed E-state index contributed by atoms with van der Waals surface area (Å²) >= 11 is -2.65.